The van der Waals surface area contributed by atoms with Gasteiger partial charge in [-0.3, -0.25) is 4.90 Å². The summed E-state index contributed by atoms with van der Waals surface area (Å²) in [5.41, 5.74) is 0. The van der Waals surface area contributed by atoms with E-state index in [1.165, 1.54) is 32.4 Å². The van der Waals surface area contributed by atoms with Crippen LogP contribution in [-0.2, 0) is 10.0 Å². The maximum atomic E-state index is 11.5. The monoisotopic (exact) mass is 275 g/mol. The second kappa shape index (κ2) is 6.32. The van der Waals surface area contributed by atoms with Crippen LogP contribution in [0.2, 0.25) is 0 Å². The van der Waals surface area contributed by atoms with Crippen molar-refractivity contribution in [3.05, 3.63) is 0 Å². The molecule has 0 aromatic rings. The molecule has 0 aromatic heterocycles. The molecule has 2 unspecified atom stereocenters. The molecule has 0 saturated carbocycles. The van der Waals surface area contributed by atoms with Crippen molar-refractivity contribution in [2.45, 2.75) is 44.7 Å². The number of rotatable bonds is 6. The molecule has 2 rings (SSSR count). The topological polar surface area (TPSA) is 61.4 Å². The number of hydrogen-bond donors (Lipinski definition) is 2. The van der Waals surface area contributed by atoms with Crippen LogP contribution < -0.4 is 10.0 Å². The summed E-state index contributed by atoms with van der Waals surface area (Å²) >= 11 is 0. The Kier molecular flexibility index (Phi) is 5.00. The SMILES string of the molecule is CCNS(=O)(=O)CCNC1CCN2CCCCC12. The smallest absolute Gasteiger partial charge is 0.212 e. The highest BCUT2D eigenvalue weighted by atomic mass is 32.2. The summed E-state index contributed by atoms with van der Waals surface area (Å²) in [6.45, 7) is 5.23. The van der Waals surface area contributed by atoms with Gasteiger partial charge in [0.2, 0.25) is 10.0 Å². The van der Waals surface area contributed by atoms with E-state index in [2.05, 4.69) is 14.9 Å². The molecule has 2 N–H and O–H groups in total. The molecule has 2 fully saturated rings. The summed E-state index contributed by atoms with van der Waals surface area (Å²) in [6, 6.07) is 1.13. The highest BCUT2D eigenvalue weighted by Gasteiger charge is 2.34. The lowest BCUT2D eigenvalue weighted by Crippen LogP contribution is -2.46. The third-order valence-corrected chi connectivity index (χ3v) is 5.47. The summed E-state index contributed by atoms with van der Waals surface area (Å²) in [5, 5.41) is 3.43. The van der Waals surface area contributed by atoms with Crippen LogP contribution in [0.3, 0.4) is 0 Å². The zero-order valence-electron chi connectivity index (χ0n) is 11.2. The minimum absolute atomic E-state index is 0.185. The Morgan fingerprint density at radius 2 is 2.06 bits per heavy atom. The number of nitrogens with one attached hydrogen (secondary N) is 2. The minimum atomic E-state index is -3.08. The van der Waals surface area contributed by atoms with E-state index in [1.54, 1.807) is 0 Å². The van der Waals surface area contributed by atoms with Crippen molar-refractivity contribution >= 4 is 10.0 Å². The predicted octanol–water partition coefficient (Wildman–Crippen LogP) is 0.142. The fourth-order valence-electron chi connectivity index (χ4n) is 3.16. The van der Waals surface area contributed by atoms with E-state index in [-0.39, 0.29) is 5.75 Å². The molecular formula is C12H25N3O2S. The number of nitrogens with zero attached hydrogens (tertiary/aromatic N) is 1. The number of piperidine rings is 1. The highest BCUT2D eigenvalue weighted by molar-refractivity contribution is 7.89. The summed E-state index contributed by atoms with van der Waals surface area (Å²) in [4.78, 5) is 2.56. The van der Waals surface area contributed by atoms with Crippen molar-refractivity contribution in [2.24, 2.45) is 0 Å². The van der Waals surface area contributed by atoms with Gasteiger partial charge in [0.1, 0.15) is 0 Å². The largest absolute Gasteiger partial charge is 0.311 e. The zero-order chi connectivity index (χ0) is 13.0. The maximum Gasteiger partial charge on any atom is 0.212 e. The van der Waals surface area contributed by atoms with E-state index in [0.29, 0.717) is 25.2 Å². The lowest BCUT2D eigenvalue weighted by atomic mass is 9.99. The van der Waals surface area contributed by atoms with Crippen LogP contribution in [0.25, 0.3) is 0 Å². The molecule has 2 heterocycles. The van der Waals surface area contributed by atoms with Gasteiger partial charge in [-0.1, -0.05) is 13.3 Å². The molecule has 0 amide bonds. The normalized spacial score (nSPS) is 29.4. The third-order valence-electron chi connectivity index (χ3n) is 4.00. The molecule has 2 saturated heterocycles. The van der Waals surface area contributed by atoms with Crippen molar-refractivity contribution in [1.29, 1.82) is 0 Å². The number of sulfonamides is 1. The second-order valence-corrected chi connectivity index (χ2v) is 7.19. The lowest BCUT2D eigenvalue weighted by Gasteiger charge is -2.32. The van der Waals surface area contributed by atoms with Gasteiger partial charge in [0.25, 0.3) is 0 Å². The van der Waals surface area contributed by atoms with Gasteiger partial charge >= 0.3 is 0 Å². The van der Waals surface area contributed by atoms with E-state index >= 15 is 0 Å². The molecule has 0 radical (unpaired) electrons. The van der Waals surface area contributed by atoms with Crippen LogP contribution in [0.1, 0.15) is 32.6 Å². The van der Waals surface area contributed by atoms with Crippen LogP contribution in [-0.4, -0.2) is 57.3 Å². The Hall–Kier alpha value is -0.170. The van der Waals surface area contributed by atoms with Gasteiger partial charge in [0.15, 0.2) is 0 Å². The second-order valence-electron chi connectivity index (χ2n) is 5.27. The molecule has 2 atom stereocenters. The standard InChI is InChI=1S/C12H25N3O2S/c1-2-14-18(16,17)10-7-13-11-6-9-15-8-4-3-5-12(11)15/h11-14H,2-10H2,1H3. The van der Waals surface area contributed by atoms with Gasteiger partial charge in [-0.2, -0.15) is 0 Å². The molecule has 2 aliphatic rings. The van der Waals surface area contributed by atoms with Crippen molar-refractivity contribution in [3.63, 3.8) is 0 Å². The minimum Gasteiger partial charge on any atom is -0.311 e. The maximum absolute atomic E-state index is 11.5. The Bertz CT molecular complexity index is 358. The van der Waals surface area contributed by atoms with E-state index < -0.39 is 10.0 Å². The predicted molar refractivity (Wildman–Crippen MR) is 73.1 cm³/mol. The van der Waals surface area contributed by atoms with Crippen LogP contribution in [0.4, 0.5) is 0 Å². The van der Waals surface area contributed by atoms with Crippen molar-refractivity contribution < 1.29 is 8.42 Å². The Balaban J connectivity index is 1.74. The molecule has 0 bridgehead atoms. The molecule has 5 nitrogen and oxygen atoms in total. The average Bonchev–Trinajstić information content (AvgIpc) is 2.73. The molecule has 0 aliphatic carbocycles. The summed E-state index contributed by atoms with van der Waals surface area (Å²) in [5.74, 6) is 0.185. The first-order chi connectivity index (χ1) is 8.62. The van der Waals surface area contributed by atoms with Crippen LogP contribution >= 0.6 is 0 Å². The van der Waals surface area contributed by atoms with Crippen molar-refractivity contribution in [2.75, 3.05) is 31.9 Å². The van der Waals surface area contributed by atoms with Gasteiger partial charge in [0, 0.05) is 31.7 Å². The highest BCUT2D eigenvalue weighted by Crippen LogP contribution is 2.26. The first-order valence-electron chi connectivity index (χ1n) is 7.07. The van der Waals surface area contributed by atoms with E-state index in [4.69, 9.17) is 0 Å². The number of hydrogen-bond acceptors (Lipinski definition) is 4. The Morgan fingerprint density at radius 3 is 2.83 bits per heavy atom. The van der Waals surface area contributed by atoms with Crippen LogP contribution in [0.5, 0.6) is 0 Å². The van der Waals surface area contributed by atoms with E-state index in [1.807, 2.05) is 6.92 Å². The van der Waals surface area contributed by atoms with Gasteiger partial charge in [-0.15, -0.1) is 0 Å². The molecule has 18 heavy (non-hydrogen) atoms. The molecular weight excluding hydrogens is 250 g/mol. The summed E-state index contributed by atoms with van der Waals surface area (Å²) in [6.07, 6.45) is 5.05. The average molecular weight is 275 g/mol. The number of fused-ring (bicyclic) bond motifs is 1. The zero-order valence-corrected chi connectivity index (χ0v) is 12.0. The molecule has 0 spiro atoms. The van der Waals surface area contributed by atoms with E-state index in [0.717, 1.165) is 6.42 Å². The molecule has 6 heteroatoms. The fraction of sp³-hybridized carbons (Fsp3) is 1.00. The van der Waals surface area contributed by atoms with Crippen molar-refractivity contribution in [3.8, 4) is 0 Å². The summed E-state index contributed by atoms with van der Waals surface area (Å²) < 4.78 is 25.6. The van der Waals surface area contributed by atoms with Crippen LogP contribution in [0.15, 0.2) is 0 Å². The van der Waals surface area contributed by atoms with E-state index in [9.17, 15) is 8.42 Å². The van der Waals surface area contributed by atoms with Gasteiger partial charge in [0.05, 0.1) is 5.75 Å². The first kappa shape index (κ1) is 14.2. The molecule has 2 aliphatic heterocycles. The van der Waals surface area contributed by atoms with Crippen molar-refractivity contribution in [1.82, 2.24) is 14.9 Å². The van der Waals surface area contributed by atoms with Gasteiger partial charge < -0.3 is 5.32 Å². The fourth-order valence-corrected chi connectivity index (χ4v) is 4.13. The first-order valence-corrected chi connectivity index (χ1v) is 8.72. The molecule has 0 aromatic carbocycles. The van der Waals surface area contributed by atoms with Gasteiger partial charge in [-0.25, -0.2) is 13.1 Å². The molecule has 106 valence electrons. The lowest BCUT2D eigenvalue weighted by molar-refractivity contribution is 0.181. The quantitative estimate of drug-likeness (QED) is 0.724. The summed E-state index contributed by atoms with van der Waals surface area (Å²) in [7, 11) is -3.08. The Morgan fingerprint density at radius 1 is 1.22 bits per heavy atom. The van der Waals surface area contributed by atoms with Gasteiger partial charge in [-0.05, 0) is 25.8 Å². The van der Waals surface area contributed by atoms with Crippen LogP contribution in [0, 0.1) is 0 Å². The Labute approximate surface area is 110 Å². The third kappa shape index (κ3) is 3.66.